The number of rotatable bonds is 4. The molecular formula is C18H29N5O2. The van der Waals surface area contributed by atoms with Crippen molar-refractivity contribution in [2.45, 2.75) is 27.2 Å². The van der Waals surface area contributed by atoms with Crippen molar-refractivity contribution in [3.8, 4) is 0 Å². The molecular weight excluding hydrogens is 318 g/mol. The fourth-order valence-corrected chi connectivity index (χ4v) is 3.27. The van der Waals surface area contributed by atoms with Gasteiger partial charge in [-0.2, -0.15) is 4.98 Å². The van der Waals surface area contributed by atoms with Crippen molar-refractivity contribution in [3.63, 3.8) is 0 Å². The predicted octanol–water partition coefficient (Wildman–Crippen LogP) is 1.32. The van der Waals surface area contributed by atoms with E-state index < -0.39 is 0 Å². The Morgan fingerprint density at radius 1 is 1.08 bits per heavy atom. The highest BCUT2D eigenvalue weighted by atomic mass is 16.5. The number of hydrogen-bond donors (Lipinski definition) is 0. The van der Waals surface area contributed by atoms with Gasteiger partial charge in [-0.3, -0.25) is 4.79 Å². The summed E-state index contributed by atoms with van der Waals surface area (Å²) >= 11 is 0. The van der Waals surface area contributed by atoms with Gasteiger partial charge in [-0.25, -0.2) is 4.98 Å². The Balaban J connectivity index is 1.64. The molecule has 0 bridgehead atoms. The van der Waals surface area contributed by atoms with Crippen LogP contribution in [0.25, 0.3) is 0 Å². The van der Waals surface area contributed by atoms with E-state index in [-0.39, 0.29) is 5.91 Å². The number of aryl methyl sites for hydroxylation is 1. The van der Waals surface area contributed by atoms with E-state index in [9.17, 15) is 4.79 Å². The van der Waals surface area contributed by atoms with Crippen LogP contribution in [0.15, 0.2) is 6.07 Å². The summed E-state index contributed by atoms with van der Waals surface area (Å²) in [4.78, 5) is 28.0. The molecule has 0 unspecified atom stereocenters. The first-order valence-corrected chi connectivity index (χ1v) is 9.24. The Bertz CT molecular complexity index is 593. The van der Waals surface area contributed by atoms with Crippen molar-refractivity contribution in [2.75, 3.05) is 62.3 Å². The maximum Gasteiger partial charge on any atom is 0.227 e. The van der Waals surface area contributed by atoms with E-state index in [1.165, 1.54) is 0 Å². The number of piperazine rings is 1. The largest absolute Gasteiger partial charge is 0.378 e. The Labute approximate surface area is 150 Å². The molecule has 0 radical (unpaired) electrons. The molecule has 0 aromatic carbocycles. The first kappa shape index (κ1) is 17.9. The first-order valence-electron chi connectivity index (χ1n) is 9.24. The van der Waals surface area contributed by atoms with Crippen LogP contribution in [0, 0.1) is 12.8 Å². The second-order valence-electron chi connectivity index (χ2n) is 7.23. The van der Waals surface area contributed by atoms with Crippen molar-refractivity contribution in [2.24, 2.45) is 5.92 Å². The van der Waals surface area contributed by atoms with Crippen LogP contribution in [-0.4, -0.2) is 73.3 Å². The normalized spacial score (nSPS) is 18.8. The number of anilines is 2. The zero-order valence-corrected chi connectivity index (χ0v) is 15.6. The molecule has 25 heavy (non-hydrogen) atoms. The molecule has 0 N–H and O–H groups in total. The lowest BCUT2D eigenvalue weighted by Gasteiger charge is -2.36. The van der Waals surface area contributed by atoms with Crippen LogP contribution < -0.4 is 9.80 Å². The lowest BCUT2D eigenvalue weighted by atomic mass is 10.1. The third-order valence-electron chi connectivity index (χ3n) is 4.66. The van der Waals surface area contributed by atoms with Gasteiger partial charge in [0.25, 0.3) is 0 Å². The van der Waals surface area contributed by atoms with Crippen molar-refractivity contribution in [1.82, 2.24) is 14.9 Å². The molecule has 7 nitrogen and oxygen atoms in total. The van der Waals surface area contributed by atoms with Crippen molar-refractivity contribution in [1.29, 1.82) is 0 Å². The van der Waals surface area contributed by atoms with Gasteiger partial charge >= 0.3 is 0 Å². The predicted molar refractivity (Wildman–Crippen MR) is 98.0 cm³/mol. The average Bonchev–Trinajstić information content (AvgIpc) is 2.61. The first-order chi connectivity index (χ1) is 12.0. The van der Waals surface area contributed by atoms with Gasteiger partial charge in [-0.15, -0.1) is 0 Å². The number of carbonyl (C=O) groups is 1. The summed E-state index contributed by atoms with van der Waals surface area (Å²) in [6, 6.07) is 2.04. The fourth-order valence-electron chi connectivity index (χ4n) is 3.27. The number of aromatic nitrogens is 2. The van der Waals surface area contributed by atoms with E-state index in [0.717, 1.165) is 69.9 Å². The maximum absolute atomic E-state index is 12.2. The quantitative estimate of drug-likeness (QED) is 0.819. The Morgan fingerprint density at radius 2 is 1.76 bits per heavy atom. The van der Waals surface area contributed by atoms with Crippen LogP contribution in [0.4, 0.5) is 11.8 Å². The number of carbonyl (C=O) groups excluding carboxylic acids is 1. The van der Waals surface area contributed by atoms with Crippen LogP contribution in [-0.2, 0) is 9.53 Å². The summed E-state index contributed by atoms with van der Waals surface area (Å²) in [5, 5.41) is 0. The Hall–Kier alpha value is -1.89. The van der Waals surface area contributed by atoms with Crippen LogP contribution in [0.1, 0.15) is 26.0 Å². The second-order valence-corrected chi connectivity index (χ2v) is 7.23. The summed E-state index contributed by atoms with van der Waals surface area (Å²) in [5.41, 5.74) is 0.977. The van der Waals surface area contributed by atoms with Crippen molar-refractivity contribution in [3.05, 3.63) is 11.8 Å². The molecule has 2 saturated heterocycles. The van der Waals surface area contributed by atoms with E-state index in [4.69, 9.17) is 9.72 Å². The van der Waals surface area contributed by atoms with Crippen LogP contribution in [0.5, 0.6) is 0 Å². The highest BCUT2D eigenvalue weighted by Gasteiger charge is 2.23. The minimum Gasteiger partial charge on any atom is -0.378 e. The molecule has 1 aromatic rings. The third-order valence-corrected chi connectivity index (χ3v) is 4.66. The summed E-state index contributed by atoms with van der Waals surface area (Å²) in [5.74, 6) is 2.43. The lowest BCUT2D eigenvalue weighted by Crippen LogP contribution is -2.49. The highest BCUT2D eigenvalue weighted by Crippen LogP contribution is 2.20. The molecule has 138 valence electrons. The van der Waals surface area contributed by atoms with Gasteiger partial charge in [-0.05, 0) is 12.8 Å². The van der Waals surface area contributed by atoms with E-state index in [2.05, 4.69) is 28.6 Å². The van der Waals surface area contributed by atoms with E-state index in [1.54, 1.807) is 0 Å². The molecule has 2 fully saturated rings. The average molecular weight is 347 g/mol. The molecule has 2 aliphatic heterocycles. The number of amides is 1. The molecule has 7 heteroatoms. The smallest absolute Gasteiger partial charge is 0.227 e. The summed E-state index contributed by atoms with van der Waals surface area (Å²) in [7, 11) is 0. The van der Waals surface area contributed by atoms with Crippen molar-refractivity contribution >= 4 is 17.7 Å². The molecule has 3 heterocycles. The molecule has 0 atom stereocenters. The minimum atomic E-state index is 0.266. The fraction of sp³-hybridized carbons (Fsp3) is 0.722. The third kappa shape index (κ3) is 4.60. The van der Waals surface area contributed by atoms with Gasteiger partial charge in [0.15, 0.2) is 0 Å². The SMILES string of the molecule is Cc1cc(N2CCN(C(=O)CC(C)C)CC2)nc(N2CCOCC2)n1. The number of ether oxygens (including phenoxy) is 1. The van der Waals surface area contributed by atoms with E-state index >= 15 is 0 Å². The molecule has 0 aliphatic carbocycles. The molecule has 1 aromatic heterocycles. The maximum atomic E-state index is 12.2. The van der Waals surface area contributed by atoms with Gasteiger partial charge in [0.2, 0.25) is 11.9 Å². The minimum absolute atomic E-state index is 0.266. The standard InChI is InChI=1S/C18H29N5O2/c1-14(2)12-17(24)22-6-4-21(5-7-22)16-13-15(3)19-18(20-16)23-8-10-25-11-9-23/h13-14H,4-12H2,1-3H3. The Morgan fingerprint density at radius 3 is 2.40 bits per heavy atom. The van der Waals surface area contributed by atoms with Gasteiger partial charge in [0.05, 0.1) is 13.2 Å². The van der Waals surface area contributed by atoms with Gasteiger partial charge < -0.3 is 19.4 Å². The molecule has 3 rings (SSSR count). The monoisotopic (exact) mass is 347 g/mol. The molecule has 1 amide bonds. The zero-order valence-electron chi connectivity index (χ0n) is 15.6. The number of nitrogens with zero attached hydrogens (tertiary/aromatic N) is 5. The van der Waals surface area contributed by atoms with Gasteiger partial charge in [-0.1, -0.05) is 13.8 Å². The van der Waals surface area contributed by atoms with Crippen LogP contribution in [0.3, 0.4) is 0 Å². The Kier molecular flexibility index (Phi) is 5.73. The van der Waals surface area contributed by atoms with Crippen molar-refractivity contribution < 1.29 is 9.53 Å². The molecule has 0 saturated carbocycles. The van der Waals surface area contributed by atoms with Crippen LogP contribution in [0.2, 0.25) is 0 Å². The number of hydrogen-bond acceptors (Lipinski definition) is 6. The summed E-state index contributed by atoms with van der Waals surface area (Å²) < 4.78 is 5.41. The lowest BCUT2D eigenvalue weighted by molar-refractivity contribution is -0.132. The highest BCUT2D eigenvalue weighted by molar-refractivity contribution is 5.76. The summed E-state index contributed by atoms with van der Waals surface area (Å²) in [6.07, 6.45) is 0.633. The topological polar surface area (TPSA) is 61.8 Å². The second kappa shape index (κ2) is 7.99. The van der Waals surface area contributed by atoms with Gasteiger partial charge in [0.1, 0.15) is 5.82 Å². The molecule has 2 aliphatic rings. The van der Waals surface area contributed by atoms with E-state index in [1.807, 2.05) is 17.9 Å². The van der Waals surface area contributed by atoms with Gasteiger partial charge in [0, 0.05) is 57.4 Å². The van der Waals surface area contributed by atoms with E-state index in [0.29, 0.717) is 12.3 Å². The zero-order chi connectivity index (χ0) is 17.8. The molecule has 0 spiro atoms. The number of morpholine rings is 1. The summed E-state index contributed by atoms with van der Waals surface area (Å²) in [6.45, 7) is 12.5. The van der Waals surface area contributed by atoms with Crippen LogP contribution >= 0.6 is 0 Å².